The third-order valence-corrected chi connectivity index (χ3v) is 1.94. The second-order valence-corrected chi connectivity index (χ2v) is 3.30. The molecule has 0 radical (unpaired) electrons. The SMILES string of the molecule is CCC(=O)CC(C)CC(=O)CC. The highest BCUT2D eigenvalue weighted by Crippen LogP contribution is 2.10. The van der Waals surface area contributed by atoms with Crippen LogP contribution in [0.2, 0.25) is 0 Å². The van der Waals surface area contributed by atoms with Crippen LogP contribution in [-0.4, -0.2) is 11.6 Å². The Labute approximate surface area is 74.3 Å². The summed E-state index contributed by atoms with van der Waals surface area (Å²) in [6.07, 6.45) is 2.29. The van der Waals surface area contributed by atoms with E-state index in [9.17, 15) is 9.59 Å². The summed E-state index contributed by atoms with van der Waals surface area (Å²) < 4.78 is 0. The summed E-state index contributed by atoms with van der Waals surface area (Å²) in [7, 11) is 0. The van der Waals surface area contributed by atoms with E-state index in [2.05, 4.69) is 0 Å². The molecule has 0 spiro atoms. The molecule has 0 saturated heterocycles. The minimum absolute atomic E-state index is 0.227. The monoisotopic (exact) mass is 170 g/mol. The molecule has 0 saturated carbocycles. The first kappa shape index (κ1) is 11.3. The summed E-state index contributed by atoms with van der Waals surface area (Å²) >= 11 is 0. The molecule has 0 unspecified atom stereocenters. The Morgan fingerprint density at radius 3 is 1.58 bits per heavy atom. The van der Waals surface area contributed by atoms with Crippen molar-refractivity contribution in [3.63, 3.8) is 0 Å². The molecule has 0 aromatic carbocycles. The van der Waals surface area contributed by atoms with Crippen LogP contribution in [-0.2, 0) is 9.59 Å². The highest BCUT2D eigenvalue weighted by Gasteiger charge is 2.10. The molecule has 0 aromatic rings. The summed E-state index contributed by atoms with van der Waals surface area (Å²) in [5, 5.41) is 0. The van der Waals surface area contributed by atoms with Crippen LogP contribution in [0, 0.1) is 5.92 Å². The van der Waals surface area contributed by atoms with Crippen molar-refractivity contribution in [3.05, 3.63) is 0 Å². The van der Waals surface area contributed by atoms with Crippen molar-refractivity contribution >= 4 is 11.6 Å². The van der Waals surface area contributed by atoms with Crippen LogP contribution in [0.25, 0.3) is 0 Å². The maximum absolute atomic E-state index is 11.0. The second kappa shape index (κ2) is 5.92. The molecule has 0 N–H and O–H groups in total. The standard InChI is InChI=1S/C10H18O2/c1-4-9(11)6-8(3)7-10(12)5-2/h8H,4-7H2,1-3H3. The normalized spacial score (nSPS) is 10.3. The molecule has 0 aliphatic carbocycles. The van der Waals surface area contributed by atoms with Crippen LogP contribution in [0.3, 0.4) is 0 Å². The summed E-state index contributed by atoms with van der Waals surface area (Å²) in [6, 6.07) is 0. The first-order chi connectivity index (χ1) is 5.60. The predicted octanol–water partition coefficient (Wildman–Crippen LogP) is 2.36. The van der Waals surface area contributed by atoms with Crippen LogP contribution in [0.4, 0.5) is 0 Å². The van der Waals surface area contributed by atoms with Gasteiger partial charge in [0.05, 0.1) is 0 Å². The zero-order valence-corrected chi connectivity index (χ0v) is 8.22. The summed E-state index contributed by atoms with van der Waals surface area (Å²) in [4.78, 5) is 22.0. The Balaban J connectivity index is 3.66. The van der Waals surface area contributed by atoms with Gasteiger partial charge < -0.3 is 0 Å². The van der Waals surface area contributed by atoms with Gasteiger partial charge in [0.25, 0.3) is 0 Å². The van der Waals surface area contributed by atoms with Crippen LogP contribution >= 0.6 is 0 Å². The van der Waals surface area contributed by atoms with Gasteiger partial charge in [0, 0.05) is 25.7 Å². The lowest BCUT2D eigenvalue weighted by Gasteiger charge is -2.07. The van der Waals surface area contributed by atoms with Gasteiger partial charge in [-0.1, -0.05) is 20.8 Å². The maximum Gasteiger partial charge on any atom is 0.132 e. The highest BCUT2D eigenvalue weighted by atomic mass is 16.1. The maximum atomic E-state index is 11.0. The molecule has 0 atom stereocenters. The summed E-state index contributed by atoms with van der Waals surface area (Å²) in [6.45, 7) is 5.68. The van der Waals surface area contributed by atoms with Crippen molar-refractivity contribution in [1.29, 1.82) is 0 Å². The zero-order chi connectivity index (χ0) is 9.56. The highest BCUT2D eigenvalue weighted by molar-refractivity contribution is 5.81. The lowest BCUT2D eigenvalue weighted by atomic mass is 9.97. The lowest BCUT2D eigenvalue weighted by molar-refractivity contribution is -0.121. The molecule has 0 amide bonds. The van der Waals surface area contributed by atoms with Crippen molar-refractivity contribution in [3.8, 4) is 0 Å². The van der Waals surface area contributed by atoms with E-state index in [0.29, 0.717) is 25.7 Å². The molecule has 0 bridgehead atoms. The van der Waals surface area contributed by atoms with Gasteiger partial charge in [-0.2, -0.15) is 0 Å². The van der Waals surface area contributed by atoms with E-state index in [1.807, 2.05) is 20.8 Å². The molecule has 0 aromatic heterocycles. The average Bonchev–Trinajstić information content (AvgIpc) is 2.03. The van der Waals surface area contributed by atoms with Crippen molar-refractivity contribution in [1.82, 2.24) is 0 Å². The number of hydrogen-bond acceptors (Lipinski definition) is 2. The van der Waals surface area contributed by atoms with Gasteiger partial charge in [-0.3, -0.25) is 9.59 Å². The van der Waals surface area contributed by atoms with E-state index in [4.69, 9.17) is 0 Å². The molecule has 2 heteroatoms. The van der Waals surface area contributed by atoms with Crippen LogP contribution < -0.4 is 0 Å². The van der Waals surface area contributed by atoms with E-state index in [1.165, 1.54) is 0 Å². The van der Waals surface area contributed by atoms with Crippen molar-refractivity contribution in [2.24, 2.45) is 5.92 Å². The molecule has 0 heterocycles. The Hall–Kier alpha value is -0.660. The van der Waals surface area contributed by atoms with E-state index >= 15 is 0 Å². The largest absolute Gasteiger partial charge is 0.300 e. The molecule has 12 heavy (non-hydrogen) atoms. The number of Topliss-reactive ketones (excluding diaryl/α,β-unsaturated/α-hetero) is 2. The van der Waals surface area contributed by atoms with Crippen LogP contribution in [0.5, 0.6) is 0 Å². The van der Waals surface area contributed by atoms with Crippen LogP contribution in [0.1, 0.15) is 46.5 Å². The number of carbonyl (C=O) groups excluding carboxylic acids is 2. The number of hydrogen-bond donors (Lipinski definition) is 0. The molecule has 0 aliphatic heterocycles. The molecule has 0 fully saturated rings. The molecular formula is C10H18O2. The zero-order valence-electron chi connectivity index (χ0n) is 8.22. The Morgan fingerprint density at radius 2 is 1.33 bits per heavy atom. The number of ketones is 2. The molecule has 2 nitrogen and oxygen atoms in total. The summed E-state index contributed by atoms with van der Waals surface area (Å²) in [5.74, 6) is 0.739. The van der Waals surface area contributed by atoms with E-state index < -0.39 is 0 Å². The minimum atomic E-state index is 0.227. The van der Waals surface area contributed by atoms with Gasteiger partial charge in [0.2, 0.25) is 0 Å². The first-order valence-electron chi connectivity index (χ1n) is 4.63. The Bertz CT molecular complexity index is 143. The predicted molar refractivity (Wildman–Crippen MR) is 49.0 cm³/mol. The van der Waals surface area contributed by atoms with Gasteiger partial charge >= 0.3 is 0 Å². The Kier molecular flexibility index (Phi) is 5.60. The number of rotatable bonds is 6. The second-order valence-electron chi connectivity index (χ2n) is 3.30. The third-order valence-electron chi connectivity index (χ3n) is 1.94. The molecular weight excluding hydrogens is 152 g/mol. The Morgan fingerprint density at radius 1 is 1.00 bits per heavy atom. The van der Waals surface area contributed by atoms with E-state index in [0.717, 1.165) is 0 Å². The molecule has 70 valence electrons. The molecule has 0 aliphatic rings. The van der Waals surface area contributed by atoms with E-state index in [1.54, 1.807) is 0 Å². The topological polar surface area (TPSA) is 34.1 Å². The fourth-order valence-electron chi connectivity index (χ4n) is 1.14. The lowest BCUT2D eigenvalue weighted by Crippen LogP contribution is -2.09. The van der Waals surface area contributed by atoms with Crippen LogP contribution in [0.15, 0.2) is 0 Å². The van der Waals surface area contributed by atoms with Gasteiger partial charge in [0.15, 0.2) is 0 Å². The first-order valence-corrected chi connectivity index (χ1v) is 4.63. The van der Waals surface area contributed by atoms with Gasteiger partial charge in [-0.05, 0) is 5.92 Å². The fraction of sp³-hybridized carbons (Fsp3) is 0.800. The van der Waals surface area contributed by atoms with Gasteiger partial charge in [-0.15, -0.1) is 0 Å². The average molecular weight is 170 g/mol. The number of carbonyl (C=O) groups is 2. The van der Waals surface area contributed by atoms with Crippen molar-refractivity contribution in [2.75, 3.05) is 0 Å². The third kappa shape index (κ3) is 5.05. The molecule has 0 rings (SSSR count). The van der Waals surface area contributed by atoms with Crippen molar-refractivity contribution in [2.45, 2.75) is 46.5 Å². The van der Waals surface area contributed by atoms with Crippen molar-refractivity contribution < 1.29 is 9.59 Å². The smallest absolute Gasteiger partial charge is 0.132 e. The fourth-order valence-corrected chi connectivity index (χ4v) is 1.14. The quantitative estimate of drug-likeness (QED) is 0.613. The van der Waals surface area contributed by atoms with Gasteiger partial charge in [-0.25, -0.2) is 0 Å². The summed E-state index contributed by atoms with van der Waals surface area (Å²) in [5.41, 5.74) is 0. The minimum Gasteiger partial charge on any atom is -0.300 e. The van der Waals surface area contributed by atoms with E-state index in [-0.39, 0.29) is 17.5 Å². The van der Waals surface area contributed by atoms with Gasteiger partial charge in [0.1, 0.15) is 11.6 Å².